The number of pyridine rings is 1. The minimum absolute atomic E-state index is 0.107. The molecule has 0 atom stereocenters. The van der Waals surface area contributed by atoms with Crippen molar-refractivity contribution in [3.63, 3.8) is 0 Å². The molecule has 1 N–H and O–H groups in total. The van der Waals surface area contributed by atoms with Crippen LogP contribution in [-0.2, 0) is 12.1 Å². The first kappa shape index (κ1) is 17.3. The van der Waals surface area contributed by atoms with E-state index in [9.17, 15) is 5.11 Å². The van der Waals surface area contributed by atoms with Gasteiger partial charge in [-0.25, -0.2) is 9.67 Å². The van der Waals surface area contributed by atoms with Crippen LogP contribution in [0.15, 0.2) is 30.5 Å². The van der Waals surface area contributed by atoms with Crippen LogP contribution in [0.3, 0.4) is 0 Å². The molecule has 0 aliphatic rings. The van der Waals surface area contributed by atoms with Crippen molar-refractivity contribution < 1.29 is 5.11 Å². The molecule has 25 heavy (non-hydrogen) atoms. The number of aliphatic hydroxyl groups excluding tert-OH is 1. The predicted octanol–water partition coefficient (Wildman–Crippen LogP) is 2.65. The minimum Gasteiger partial charge on any atom is -0.396 e. The van der Waals surface area contributed by atoms with Crippen molar-refractivity contribution >= 4 is 0 Å². The number of hydrogen-bond donors (Lipinski definition) is 1. The zero-order chi connectivity index (χ0) is 18.0. The van der Waals surface area contributed by atoms with Crippen LogP contribution in [-0.4, -0.2) is 41.2 Å². The first-order valence-corrected chi connectivity index (χ1v) is 8.45. The Hall–Kier alpha value is -2.54. The molecule has 7 heteroatoms. The molecule has 0 radical (unpaired) electrons. The molecule has 132 valence electrons. The van der Waals surface area contributed by atoms with E-state index >= 15 is 0 Å². The summed E-state index contributed by atoms with van der Waals surface area (Å²) in [6.07, 6.45) is 2.34. The third kappa shape index (κ3) is 3.61. The summed E-state index contributed by atoms with van der Waals surface area (Å²) in [7, 11) is 0. The number of nitrogens with zero attached hydrogens (tertiary/aromatic N) is 6. The quantitative estimate of drug-likeness (QED) is 0.772. The number of hydrogen-bond acceptors (Lipinski definition) is 5. The molecule has 3 aromatic heterocycles. The van der Waals surface area contributed by atoms with Crippen molar-refractivity contribution in [2.24, 2.45) is 0 Å². The lowest BCUT2D eigenvalue weighted by Crippen LogP contribution is -2.25. The van der Waals surface area contributed by atoms with Crippen molar-refractivity contribution in [2.45, 2.75) is 46.2 Å². The fraction of sp³-hybridized carbons (Fsp3) is 0.444. The maximum absolute atomic E-state index is 9.21. The zero-order valence-corrected chi connectivity index (χ0v) is 15.1. The topological polar surface area (TPSA) is 81.6 Å². The highest BCUT2D eigenvalue weighted by Gasteiger charge is 2.24. The third-order valence-electron chi connectivity index (χ3n) is 3.79. The van der Waals surface area contributed by atoms with Crippen LogP contribution < -0.4 is 0 Å². The van der Waals surface area contributed by atoms with E-state index in [1.807, 2.05) is 40.6 Å². The molecule has 0 bridgehead atoms. The maximum atomic E-state index is 9.21. The average molecular weight is 340 g/mol. The average Bonchev–Trinajstić information content (AvgIpc) is 3.17. The molecule has 0 unspecified atom stereocenters. The highest BCUT2D eigenvalue weighted by molar-refractivity contribution is 5.57. The van der Waals surface area contributed by atoms with Crippen LogP contribution in [0.25, 0.3) is 23.0 Å². The van der Waals surface area contributed by atoms with E-state index in [0.29, 0.717) is 18.8 Å². The Kier molecular flexibility index (Phi) is 4.67. The number of aliphatic hydroxyl groups is 1. The van der Waals surface area contributed by atoms with E-state index in [1.165, 1.54) is 0 Å². The fourth-order valence-electron chi connectivity index (χ4n) is 2.68. The Morgan fingerprint density at radius 3 is 2.60 bits per heavy atom. The second kappa shape index (κ2) is 6.76. The number of rotatable bonds is 5. The van der Waals surface area contributed by atoms with Gasteiger partial charge in [0.25, 0.3) is 0 Å². The Morgan fingerprint density at radius 1 is 1.16 bits per heavy atom. The summed E-state index contributed by atoms with van der Waals surface area (Å²) in [6, 6.07) is 7.69. The van der Waals surface area contributed by atoms with Gasteiger partial charge >= 0.3 is 0 Å². The molecule has 0 saturated carbocycles. The SMILES string of the molecule is Cc1cc(-c2nc(-c3ccccn3)nn2CCCO)n(C(C)(C)C)n1. The van der Waals surface area contributed by atoms with Crippen LogP contribution in [0.1, 0.15) is 32.9 Å². The molecule has 0 aliphatic carbocycles. The molecule has 0 saturated heterocycles. The van der Waals surface area contributed by atoms with Crippen LogP contribution in [0.5, 0.6) is 0 Å². The van der Waals surface area contributed by atoms with Crippen molar-refractivity contribution in [2.75, 3.05) is 6.61 Å². The molecular formula is C18H24N6O. The Balaban J connectivity index is 2.13. The van der Waals surface area contributed by atoms with Crippen molar-refractivity contribution in [1.29, 1.82) is 0 Å². The van der Waals surface area contributed by atoms with Gasteiger partial charge in [0.15, 0.2) is 11.6 Å². The van der Waals surface area contributed by atoms with Crippen LogP contribution >= 0.6 is 0 Å². The number of aromatic nitrogens is 6. The first-order chi connectivity index (χ1) is 11.9. The lowest BCUT2D eigenvalue weighted by atomic mass is 10.1. The summed E-state index contributed by atoms with van der Waals surface area (Å²) in [6.45, 7) is 8.99. The Labute approximate surface area is 147 Å². The van der Waals surface area contributed by atoms with E-state index in [4.69, 9.17) is 4.98 Å². The highest BCUT2D eigenvalue weighted by Crippen LogP contribution is 2.27. The summed E-state index contributed by atoms with van der Waals surface area (Å²) in [5.41, 5.74) is 2.39. The van der Waals surface area contributed by atoms with E-state index in [1.54, 1.807) is 6.20 Å². The summed E-state index contributed by atoms with van der Waals surface area (Å²) in [4.78, 5) is 9.08. The van der Waals surface area contributed by atoms with Crippen LogP contribution in [0.4, 0.5) is 0 Å². The largest absolute Gasteiger partial charge is 0.396 e. The van der Waals surface area contributed by atoms with Crippen LogP contribution in [0.2, 0.25) is 0 Å². The molecule has 0 amide bonds. The Morgan fingerprint density at radius 2 is 1.96 bits per heavy atom. The van der Waals surface area contributed by atoms with Gasteiger partial charge in [-0.3, -0.25) is 9.67 Å². The fourth-order valence-corrected chi connectivity index (χ4v) is 2.68. The molecular weight excluding hydrogens is 316 g/mol. The molecule has 3 aromatic rings. The molecule has 3 heterocycles. The molecule has 0 aliphatic heterocycles. The molecule has 0 aromatic carbocycles. The van der Waals surface area contributed by atoms with E-state index < -0.39 is 0 Å². The Bertz CT molecular complexity index is 844. The van der Waals surface area contributed by atoms with Gasteiger partial charge in [-0.2, -0.15) is 5.10 Å². The van der Waals surface area contributed by atoms with Gasteiger partial charge in [-0.05, 0) is 52.3 Å². The second-order valence-electron chi connectivity index (χ2n) is 7.03. The van der Waals surface area contributed by atoms with Gasteiger partial charge in [0, 0.05) is 19.3 Å². The molecule has 0 spiro atoms. The predicted molar refractivity (Wildman–Crippen MR) is 95.9 cm³/mol. The lowest BCUT2D eigenvalue weighted by Gasteiger charge is -2.22. The summed E-state index contributed by atoms with van der Waals surface area (Å²) >= 11 is 0. The maximum Gasteiger partial charge on any atom is 0.200 e. The van der Waals surface area contributed by atoms with E-state index in [-0.39, 0.29) is 12.1 Å². The molecule has 7 nitrogen and oxygen atoms in total. The van der Waals surface area contributed by atoms with E-state index in [0.717, 1.165) is 22.9 Å². The zero-order valence-electron chi connectivity index (χ0n) is 15.1. The highest BCUT2D eigenvalue weighted by atomic mass is 16.3. The lowest BCUT2D eigenvalue weighted by molar-refractivity contribution is 0.277. The first-order valence-electron chi connectivity index (χ1n) is 8.45. The summed E-state index contributed by atoms with van der Waals surface area (Å²) in [5, 5.41) is 18.5. The summed E-state index contributed by atoms with van der Waals surface area (Å²) in [5.74, 6) is 1.32. The van der Waals surface area contributed by atoms with E-state index in [2.05, 4.69) is 36.0 Å². The van der Waals surface area contributed by atoms with Crippen LogP contribution in [0, 0.1) is 6.92 Å². The van der Waals surface area contributed by atoms with Gasteiger partial charge in [0.1, 0.15) is 11.4 Å². The smallest absolute Gasteiger partial charge is 0.200 e. The van der Waals surface area contributed by atoms with Gasteiger partial charge < -0.3 is 5.11 Å². The van der Waals surface area contributed by atoms with Crippen molar-refractivity contribution in [3.8, 4) is 23.0 Å². The molecule has 3 rings (SSSR count). The standard InChI is InChI=1S/C18H24N6O/c1-13-12-15(24(21-13)18(2,3)4)17-20-16(14-8-5-6-9-19-14)22-23(17)10-7-11-25/h5-6,8-9,12,25H,7,10-11H2,1-4H3. The van der Waals surface area contributed by atoms with Crippen molar-refractivity contribution in [3.05, 3.63) is 36.2 Å². The molecule has 0 fully saturated rings. The monoisotopic (exact) mass is 340 g/mol. The van der Waals surface area contributed by atoms with Gasteiger partial charge in [-0.1, -0.05) is 6.07 Å². The van der Waals surface area contributed by atoms with Crippen molar-refractivity contribution in [1.82, 2.24) is 29.5 Å². The van der Waals surface area contributed by atoms with Gasteiger partial charge in [0.05, 0.1) is 11.2 Å². The second-order valence-corrected chi connectivity index (χ2v) is 7.03. The third-order valence-corrected chi connectivity index (χ3v) is 3.79. The van der Waals surface area contributed by atoms with Gasteiger partial charge in [0.2, 0.25) is 0 Å². The minimum atomic E-state index is -0.178. The normalized spacial score (nSPS) is 11.9. The van der Waals surface area contributed by atoms with Gasteiger partial charge in [-0.15, -0.1) is 5.10 Å². The summed E-state index contributed by atoms with van der Waals surface area (Å²) < 4.78 is 3.81. The number of aryl methyl sites for hydroxylation is 2.